The van der Waals surface area contributed by atoms with Gasteiger partial charge >= 0.3 is 0 Å². The lowest BCUT2D eigenvalue weighted by Gasteiger charge is -2.19. The van der Waals surface area contributed by atoms with Gasteiger partial charge in [0.2, 0.25) is 0 Å². The van der Waals surface area contributed by atoms with E-state index < -0.39 is 0 Å². The molecule has 1 aliphatic heterocycles. The molecule has 1 aromatic carbocycles. The Kier molecular flexibility index (Phi) is 5.45. The first-order valence-electron chi connectivity index (χ1n) is 8.75. The van der Waals surface area contributed by atoms with Gasteiger partial charge in [-0.25, -0.2) is 0 Å². The molecule has 1 aliphatic rings. The van der Waals surface area contributed by atoms with Gasteiger partial charge in [-0.15, -0.1) is 0 Å². The number of thioether (sulfide) groups is 1. The van der Waals surface area contributed by atoms with Crippen molar-refractivity contribution in [1.29, 1.82) is 0 Å². The molecule has 3 heterocycles. The molecule has 1 atom stereocenters. The van der Waals surface area contributed by atoms with Gasteiger partial charge in [-0.3, -0.25) is 9.78 Å². The predicted octanol–water partition coefficient (Wildman–Crippen LogP) is 4.71. The number of rotatable bonds is 3. The van der Waals surface area contributed by atoms with Crippen LogP contribution in [0.4, 0.5) is 0 Å². The second-order valence-electron chi connectivity index (χ2n) is 6.28. The number of amides is 1. The molecule has 0 saturated carbocycles. The predicted molar refractivity (Wildman–Crippen MR) is 107 cm³/mol. The molecule has 27 heavy (non-hydrogen) atoms. The van der Waals surface area contributed by atoms with Crippen molar-refractivity contribution >= 4 is 29.3 Å². The lowest BCUT2D eigenvalue weighted by molar-refractivity contribution is 0.0756. The Labute approximate surface area is 166 Å². The maximum Gasteiger partial charge on any atom is 0.276 e. The third kappa shape index (κ3) is 4.01. The fourth-order valence-electron chi connectivity index (χ4n) is 3.14. The van der Waals surface area contributed by atoms with Crippen LogP contribution in [0.15, 0.2) is 59.4 Å². The third-order valence-electron chi connectivity index (χ3n) is 4.56. The van der Waals surface area contributed by atoms with Crippen LogP contribution in [0.5, 0.6) is 0 Å². The molecular formula is C20H18ClN3O2S. The summed E-state index contributed by atoms with van der Waals surface area (Å²) in [5.41, 5.74) is 2.27. The molecule has 0 spiro atoms. The molecule has 0 bridgehead atoms. The summed E-state index contributed by atoms with van der Waals surface area (Å²) in [5.74, 6) is 1.30. The minimum Gasteiger partial charge on any atom is -0.355 e. The van der Waals surface area contributed by atoms with Crippen molar-refractivity contribution in [3.63, 3.8) is 0 Å². The van der Waals surface area contributed by atoms with E-state index in [-0.39, 0.29) is 5.91 Å². The summed E-state index contributed by atoms with van der Waals surface area (Å²) < 4.78 is 5.34. The topological polar surface area (TPSA) is 59.2 Å². The van der Waals surface area contributed by atoms with Crippen molar-refractivity contribution in [1.82, 2.24) is 15.0 Å². The summed E-state index contributed by atoms with van der Waals surface area (Å²) in [6.07, 6.45) is 4.23. The minimum atomic E-state index is -0.103. The van der Waals surface area contributed by atoms with E-state index in [4.69, 9.17) is 16.1 Å². The van der Waals surface area contributed by atoms with E-state index in [1.165, 1.54) is 0 Å². The highest BCUT2D eigenvalue weighted by molar-refractivity contribution is 7.99. The minimum absolute atomic E-state index is 0.103. The average molecular weight is 400 g/mol. The average Bonchev–Trinajstić information content (AvgIpc) is 3.07. The van der Waals surface area contributed by atoms with Gasteiger partial charge in [0.15, 0.2) is 11.5 Å². The standard InChI is InChI=1S/C20H18ClN3O2S/c21-16-6-2-1-5-15(16)19-7-9-24(10-11-27-19)20(25)17-12-18(26-23-17)14-4-3-8-22-13-14/h1-6,8,12-13,19H,7,9-11H2/t19-/m0/s1. The number of aromatic nitrogens is 2. The van der Waals surface area contributed by atoms with Gasteiger partial charge in [0.25, 0.3) is 5.91 Å². The molecule has 0 radical (unpaired) electrons. The van der Waals surface area contributed by atoms with Crippen LogP contribution in [0.25, 0.3) is 11.3 Å². The van der Waals surface area contributed by atoms with Crippen LogP contribution < -0.4 is 0 Å². The van der Waals surface area contributed by atoms with Gasteiger partial charge in [0.1, 0.15) is 0 Å². The van der Waals surface area contributed by atoms with Gasteiger partial charge in [0.05, 0.1) is 0 Å². The number of hydrogen-bond acceptors (Lipinski definition) is 5. The third-order valence-corrected chi connectivity index (χ3v) is 6.21. The molecule has 3 aromatic rings. The Bertz CT molecular complexity index is 932. The first kappa shape index (κ1) is 18.1. The lowest BCUT2D eigenvalue weighted by atomic mass is 10.1. The number of hydrogen-bond donors (Lipinski definition) is 0. The van der Waals surface area contributed by atoms with Crippen LogP contribution in [-0.2, 0) is 0 Å². The smallest absolute Gasteiger partial charge is 0.276 e. The zero-order valence-corrected chi connectivity index (χ0v) is 16.1. The van der Waals surface area contributed by atoms with Crippen LogP contribution in [0.3, 0.4) is 0 Å². The van der Waals surface area contributed by atoms with Crippen molar-refractivity contribution in [3.8, 4) is 11.3 Å². The van der Waals surface area contributed by atoms with Gasteiger partial charge in [0, 0.05) is 53.1 Å². The van der Waals surface area contributed by atoms with Crippen LogP contribution >= 0.6 is 23.4 Å². The van der Waals surface area contributed by atoms with E-state index in [9.17, 15) is 4.79 Å². The molecule has 1 saturated heterocycles. The van der Waals surface area contributed by atoms with Crippen molar-refractivity contribution < 1.29 is 9.32 Å². The van der Waals surface area contributed by atoms with E-state index in [2.05, 4.69) is 16.2 Å². The summed E-state index contributed by atoms with van der Waals surface area (Å²) in [4.78, 5) is 18.8. The fraction of sp³-hybridized carbons (Fsp3) is 0.250. The lowest BCUT2D eigenvalue weighted by Crippen LogP contribution is -2.33. The maximum absolute atomic E-state index is 12.9. The quantitative estimate of drug-likeness (QED) is 0.638. The van der Waals surface area contributed by atoms with Crippen molar-refractivity contribution in [2.75, 3.05) is 18.8 Å². The highest BCUT2D eigenvalue weighted by Gasteiger charge is 2.26. The summed E-state index contributed by atoms with van der Waals surface area (Å²) in [6.45, 7) is 1.34. The number of benzene rings is 1. The molecule has 0 aliphatic carbocycles. The van der Waals surface area contributed by atoms with E-state index >= 15 is 0 Å². The number of halogens is 1. The molecule has 0 unspecified atom stereocenters. The zero-order valence-electron chi connectivity index (χ0n) is 14.5. The number of nitrogens with zero attached hydrogens (tertiary/aromatic N) is 3. The van der Waals surface area contributed by atoms with Crippen molar-refractivity contribution in [2.24, 2.45) is 0 Å². The molecule has 2 aromatic heterocycles. The van der Waals surface area contributed by atoms with Crippen LogP contribution in [0, 0.1) is 0 Å². The second kappa shape index (κ2) is 8.15. The van der Waals surface area contributed by atoms with E-state index in [0.29, 0.717) is 29.8 Å². The Morgan fingerprint density at radius 3 is 2.93 bits per heavy atom. The SMILES string of the molecule is O=C(c1cc(-c2cccnc2)on1)N1CCS[C@H](c2ccccc2Cl)CC1. The van der Waals surface area contributed by atoms with Crippen molar-refractivity contribution in [3.05, 3.63) is 71.1 Å². The summed E-state index contributed by atoms with van der Waals surface area (Å²) >= 11 is 8.18. The summed E-state index contributed by atoms with van der Waals surface area (Å²) in [7, 11) is 0. The summed E-state index contributed by atoms with van der Waals surface area (Å²) in [5, 5.41) is 5.04. The Morgan fingerprint density at radius 1 is 1.22 bits per heavy atom. The Balaban J connectivity index is 1.46. The molecule has 4 rings (SSSR count). The Hall–Kier alpha value is -2.31. The first-order chi connectivity index (χ1) is 13.2. The van der Waals surface area contributed by atoms with Crippen LogP contribution in [0.1, 0.15) is 27.7 Å². The van der Waals surface area contributed by atoms with Gasteiger partial charge in [-0.2, -0.15) is 11.8 Å². The second-order valence-corrected chi connectivity index (χ2v) is 8.00. The van der Waals surface area contributed by atoms with Crippen molar-refractivity contribution in [2.45, 2.75) is 11.7 Å². The monoisotopic (exact) mass is 399 g/mol. The maximum atomic E-state index is 12.9. The van der Waals surface area contributed by atoms with E-state index in [0.717, 1.165) is 28.3 Å². The van der Waals surface area contributed by atoms with E-state index in [1.807, 2.05) is 47.0 Å². The highest BCUT2D eigenvalue weighted by atomic mass is 35.5. The van der Waals surface area contributed by atoms with Gasteiger partial charge in [-0.05, 0) is 30.2 Å². The summed E-state index contributed by atoms with van der Waals surface area (Å²) in [6, 6.07) is 13.3. The van der Waals surface area contributed by atoms with E-state index in [1.54, 1.807) is 18.5 Å². The molecule has 0 N–H and O–H groups in total. The van der Waals surface area contributed by atoms with Gasteiger partial charge < -0.3 is 9.42 Å². The molecule has 1 fully saturated rings. The molecule has 5 nitrogen and oxygen atoms in total. The molecular weight excluding hydrogens is 382 g/mol. The molecule has 7 heteroatoms. The first-order valence-corrected chi connectivity index (χ1v) is 10.2. The van der Waals surface area contributed by atoms with Crippen LogP contribution in [0.2, 0.25) is 5.02 Å². The highest BCUT2D eigenvalue weighted by Crippen LogP contribution is 2.38. The largest absolute Gasteiger partial charge is 0.355 e. The fourth-order valence-corrected chi connectivity index (χ4v) is 4.74. The van der Waals surface area contributed by atoms with Gasteiger partial charge in [-0.1, -0.05) is 35.0 Å². The zero-order chi connectivity index (χ0) is 18.6. The Morgan fingerprint density at radius 2 is 2.11 bits per heavy atom. The molecule has 1 amide bonds. The number of carbonyl (C=O) groups is 1. The number of carbonyl (C=O) groups excluding carboxylic acids is 1. The molecule has 138 valence electrons. The van der Waals surface area contributed by atoms with Crippen LogP contribution in [-0.4, -0.2) is 39.8 Å². The normalized spacial score (nSPS) is 17.5. The number of pyridine rings is 1.